The molecule has 0 aliphatic carbocycles. The lowest BCUT2D eigenvalue weighted by Gasteiger charge is -2.24. The van der Waals surface area contributed by atoms with Crippen molar-refractivity contribution in [3.63, 3.8) is 0 Å². The van der Waals surface area contributed by atoms with Gasteiger partial charge in [-0.3, -0.25) is 0 Å². The first-order valence-electron chi connectivity index (χ1n) is 5.55. The highest BCUT2D eigenvalue weighted by atomic mass is 14.9. The van der Waals surface area contributed by atoms with Crippen molar-refractivity contribution < 1.29 is 0 Å². The summed E-state index contributed by atoms with van der Waals surface area (Å²) >= 11 is 0. The molecule has 0 aliphatic rings. The van der Waals surface area contributed by atoms with E-state index in [9.17, 15) is 0 Å². The van der Waals surface area contributed by atoms with Gasteiger partial charge in [0, 0.05) is 6.54 Å². The van der Waals surface area contributed by atoms with Crippen molar-refractivity contribution in [1.82, 2.24) is 0 Å². The highest BCUT2D eigenvalue weighted by Gasteiger charge is 2.15. The molecule has 0 saturated heterocycles. The summed E-state index contributed by atoms with van der Waals surface area (Å²) in [5, 5.41) is 3.45. The Morgan fingerprint density at radius 3 is 2.53 bits per heavy atom. The van der Waals surface area contributed by atoms with Gasteiger partial charge in [-0.2, -0.15) is 0 Å². The van der Waals surface area contributed by atoms with Crippen LogP contribution >= 0.6 is 0 Å². The fourth-order valence-electron chi connectivity index (χ4n) is 1.38. The van der Waals surface area contributed by atoms with Crippen LogP contribution < -0.4 is 11.1 Å². The smallest absolute Gasteiger partial charge is 0.0603 e. The molecule has 0 spiro atoms. The van der Waals surface area contributed by atoms with Gasteiger partial charge in [-0.1, -0.05) is 32.9 Å². The second-order valence-electron chi connectivity index (χ2n) is 4.91. The summed E-state index contributed by atoms with van der Waals surface area (Å²) in [5.41, 5.74) is 9.37. The van der Waals surface area contributed by atoms with E-state index in [-0.39, 0.29) is 0 Å². The molecule has 84 valence electrons. The molecular weight excluding hydrogens is 184 g/mol. The number of para-hydroxylation sites is 1. The molecule has 0 aromatic heterocycles. The van der Waals surface area contributed by atoms with Crippen LogP contribution in [0.1, 0.15) is 32.8 Å². The maximum atomic E-state index is 5.93. The van der Waals surface area contributed by atoms with Gasteiger partial charge in [-0.25, -0.2) is 0 Å². The molecule has 2 heteroatoms. The Morgan fingerprint density at radius 2 is 2.00 bits per heavy atom. The molecule has 0 atom stereocenters. The van der Waals surface area contributed by atoms with Gasteiger partial charge >= 0.3 is 0 Å². The third-order valence-electron chi connectivity index (χ3n) is 3.01. The van der Waals surface area contributed by atoms with Crippen molar-refractivity contribution in [2.75, 3.05) is 17.6 Å². The molecule has 1 rings (SSSR count). The number of hydrogen-bond donors (Lipinski definition) is 2. The average molecular weight is 206 g/mol. The number of rotatable bonds is 4. The zero-order valence-corrected chi connectivity index (χ0v) is 10.2. The lowest BCUT2D eigenvalue weighted by atomic mass is 9.90. The third kappa shape index (κ3) is 3.15. The van der Waals surface area contributed by atoms with Gasteiger partial charge in [0.05, 0.1) is 11.4 Å². The monoisotopic (exact) mass is 206 g/mol. The molecule has 1 aromatic rings. The van der Waals surface area contributed by atoms with E-state index in [0.29, 0.717) is 5.41 Å². The highest BCUT2D eigenvalue weighted by molar-refractivity contribution is 5.69. The second kappa shape index (κ2) is 4.56. The van der Waals surface area contributed by atoms with E-state index in [1.807, 2.05) is 12.1 Å². The maximum absolute atomic E-state index is 5.93. The number of benzene rings is 1. The van der Waals surface area contributed by atoms with E-state index in [0.717, 1.165) is 24.3 Å². The zero-order chi connectivity index (χ0) is 11.5. The Bertz CT molecular complexity index is 309. The molecule has 0 saturated carbocycles. The molecule has 1 aromatic carbocycles. The van der Waals surface area contributed by atoms with Crippen LogP contribution in [0.5, 0.6) is 0 Å². The standard InChI is InChI=1S/C13H22N2/c1-5-13(3,4)9-15-12-10(2)7-6-8-11(12)14/h6-8,15H,5,9,14H2,1-4H3. The fraction of sp³-hybridized carbons (Fsp3) is 0.538. The summed E-state index contributed by atoms with van der Waals surface area (Å²) in [7, 11) is 0. The van der Waals surface area contributed by atoms with Crippen molar-refractivity contribution in [2.24, 2.45) is 5.41 Å². The number of nitrogens with two attached hydrogens (primary N) is 1. The first-order chi connectivity index (χ1) is 6.96. The van der Waals surface area contributed by atoms with E-state index >= 15 is 0 Å². The molecule has 15 heavy (non-hydrogen) atoms. The minimum Gasteiger partial charge on any atom is -0.397 e. The molecule has 3 N–H and O–H groups in total. The summed E-state index contributed by atoms with van der Waals surface area (Å²) in [6, 6.07) is 6.01. The minimum absolute atomic E-state index is 0.314. The maximum Gasteiger partial charge on any atom is 0.0603 e. The van der Waals surface area contributed by atoms with Crippen LogP contribution in [-0.4, -0.2) is 6.54 Å². The summed E-state index contributed by atoms with van der Waals surface area (Å²) in [6.45, 7) is 9.77. The first kappa shape index (κ1) is 11.9. The predicted octanol–water partition coefficient (Wildman–Crippen LogP) is 3.43. The van der Waals surface area contributed by atoms with Gasteiger partial charge in [-0.15, -0.1) is 0 Å². The Balaban J connectivity index is 2.73. The summed E-state index contributed by atoms with van der Waals surface area (Å²) in [4.78, 5) is 0. The van der Waals surface area contributed by atoms with Crippen LogP contribution in [0, 0.1) is 12.3 Å². The Morgan fingerprint density at radius 1 is 1.33 bits per heavy atom. The van der Waals surface area contributed by atoms with Crippen LogP contribution in [0.15, 0.2) is 18.2 Å². The second-order valence-corrected chi connectivity index (χ2v) is 4.91. The van der Waals surface area contributed by atoms with Crippen LogP contribution in [0.3, 0.4) is 0 Å². The Kier molecular flexibility index (Phi) is 3.61. The minimum atomic E-state index is 0.314. The molecule has 0 amide bonds. The molecular formula is C13H22N2. The molecule has 0 heterocycles. The molecule has 0 unspecified atom stereocenters. The van der Waals surface area contributed by atoms with Crippen LogP contribution in [0.2, 0.25) is 0 Å². The fourth-order valence-corrected chi connectivity index (χ4v) is 1.38. The van der Waals surface area contributed by atoms with E-state index in [2.05, 4.69) is 39.1 Å². The number of anilines is 2. The first-order valence-corrected chi connectivity index (χ1v) is 5.55. The van der Waals surface area contributed by atoms with Gasteiger partial charge < -0.3 is 11.1 Å². The van der Waals surface area contributed by atoms with Crippen molar-refractivity contribution in [1.29, 1.82) is 0 Å². The topological polar surface area (TPSA) is 38.0 Å². The van der Waals surface area contributed by atoms with Crippen molar-refractivity contribution in [2.45, 2.75) is 34.1 Å². The number of nitrogen functional groups attached to an aromatic ring is 1. The van der Waals surface area contributed by atoms with Crippen LogP contribution in [0.4, 0.5) is 11.4 Å². The van der Waals surface area contributed by atoms with E-state index in [4.69, 9.17) is 5.73 Å². The summed E-state index contributed by atoms with van der Waals surface area (Å²) < 4.78 is 0. The van der Waals surface area contributed by atoms with E-state index in [1.54, 1.807) is 0 Å². The lowest BCUT2D eigenvalue weighted by molar-refractivity contribution is 0.377. The summed E-state index contributed by atoms with van der Waals surface area (Å²) in [5.74, 6) is 0. The molecule has 0 fully saturated rings. The number of nitrogens with one attached hydrogen (secondary N) is 1. The highest BCUT2D eigenvalue weighted by Crippen LogP contribution is 2.26. The lowest BCUT2D eigenvalue weighted by Crippen LogP contribution is -2.22. The third-order valence-corrected chi connectivity index (χ3v) is 3.01. The van der Waals surface area contributed by atoms with Crippen molar-refractivity contribution in [3.8, 4) is 0 Å². The predicted molar refractivity (Wildman–Crippen MR) is 68.2 cm³/mol. The van der Waals surface area contributed by atoms with E-state index < -0.39 is 0 Å². The Labute approximate surface area is 92.9 Å². The number of aryl methyl sites for hydroxylation is 1. The summed E-state index contributed by atoms with van der Waals surface area (Å²) in [6.07, 6.45) is 1.16. The number of hydrogen-bond acceptors (Lipinski definition) is 2. The van der Waals surface area contributed by atoms with Gasteiger partial charge in [0.15, 0.2) is 0 Å². The molecule has 0 aliphatic heterocycles. The SMILES string of the molecule is CCC(C)(C)CNc1c(C)cccc1N. The zero-order valence-electron chi connectivity index (χ0n) is 10.2. The van der Waals surface area contributed by atoms with Gasteiger partial charge in [0.25, 0.3) is 0 Å². The molecule has 0 bridgehead atoms. The van der Waals surface area contributed by atoms with Gasteiger partial charge in [0.2, 0.25) is 0 Å². The normalized spacial score (nSPS) is 11.5. The largest absolute Gasteiger partial charge is 0.397 e. The molecule has 2 nitrogen and oxygen atoms in total. The van der Waals surface area contributed by atoms with Gasteiger partial charge in [-0.05, 0) is 30.4 Å². The van der Waals surface area contributed by atoms with Crippen molar-refractivity contribution >= 4 is 11.4 Å². The van der Waals surface area contributed by atoms with E-state index in [1.165, 1.54) is 5.56 Å². The van der Waals surface area contributed by atoms with Crippen molar-refractivity contribution in [3.05, 3.63) is 23.8 Å². The van der Waals surface area contributed by atoms with Crippen LogP contribution in [0.25, 0.3) is 0 Å². The van der Waals surface area contributed by atoms with Crippen LogP contribution in [-0.2, 0) is 0 Å². The average Bonchev–Trinajstić information content (AvgIpc) is 2.17. The Hall–Kier alpha value is -1.18. The quantitative estimate of drug-likeness (QED) is 0.741. The van der Waals surface area contributed by atoms with Gasteiger partial charge in [0.1, 0.15) is 0 Å². The molecule has 0 radical (unpaired) electrons.